The summed E-state index contributed by atoms with van der Waals surface area (Å²) in [5, 5.41) is 0. The molecule has 0 aromatic carbocycles. The van der Waals surface area contributed by atoms with E-state index in [2.05, 4.69) is 25.8 Å². The Hall–Kier alpha value is -1.06. The van der Waals surface area contributed by atoms with E-state index in [4.69, 9.17) is 0 Å². The highest BCUT2D eigenvalue weighted by Crippen LogP contribution is 2.31. The standard InChI is InChI=1S/C15H22F3N/c1-10(2)11-6-7-13(15(16,17)18)19-12(11)8-9-14(3,4)5/h6-7,10H,8-9H2,1-5H3. The normalized spacial score (nSPS) is 13.1. The van der Waals surface area contributed by atoms with E-state index in [1.807, 2.05) is 13.8 Å². The molecule has 0 bridgehead atoms. The number of nitrogens with zero attached hydrogens (tertiary/aromatic N) is 1. The minimum atomic E-state index is -4.37. The minimum absolute atomic E-state index is 0.0875. The Balaban J connectivity index is 3.09. The molecule has 4 heteroatoms. The topological polar surface area (TPSA) is 12.9 Å². The van der Waals surface area contributed by atoms with Crippen LogP contribution in [0, 0.1) is 5.41 Å². The summed E-state index contributed by atoms with van der Waals surface area (Å²) < 4.78 is 38.1. The van der Waals surface area contributed by atoms with Gasteiger partial charge in [-0.2, -0.15) is 13.2 Å². The smallest absolute Gasteiger partial charge is 0.248 e. The summed E-state index contributed by atoms with van der Waals surface area (Å²) in [4.78, 5) is 3.84. The molecule has 0 N–H and O–H groups in total. The van der Waals surface area contributed by atoms with Crippen LogP contribution < -0.4 is 0 Å². The van der Waals surface area contributed by atoms with Crippen molar-refractivity contribution in [2.75, 3.05) is 0 Å². The van der Waals surface area contributed by atoms with Crippen LogP contribution in [0.1, 0.15) is 63.9 Å². The van der Waals surface area contributed by atoms with Crippen molar-refractivity contribution in [2.45, 2.75) is 59.6 Å². The third-order valence-corrected chi connectivity index (χ3v) is 3.03. The van der Waals surface area contributed by atoms with Crippen molar-refractivity contribution in [1.82, 2.24) is 4.98 Å². The molecule has 0 atom stereocenters. The van der Waals surface area contributed by atoms with Crippen molar-refractivity contribution in [2.24, 2.45) is 5.41 Å². The monoisotopic (exact) mass is 273 g/mol. The molecular formula is C15H22F3N. The Morgan fingerprint density at radius 2 is 1.68 bits per heavy atom. The van der Waals surface area contributed by atoms with Crippen LogP contribution in [0.15, 0.2) is 12.1 Å². The van der Waals surface area contributed by atoms with Gasteiger partial charge in [0.2, 0.25) is 0 Å². The highest BCUT2D eigenvalue weighted by Gasteiger charge is 2.33. The van der Waals surface area contributed by atoms with Crippen LogP contribution in [-0.2, 0) is 12.6 Å². The molecule has 108 valence electrons. The van der Waals surface area contributed by atoms with Gasteiger partial charge in [-0.3, -0.25) is 0 Å². The van der Waals surface area contributed by atoms with Crippen molar-refractivity contribution in [3.8, 4) is 0 Å². The zero-order chi connectivity index (χ0) is 14.8. The number of hydrogen-bond donors (Lipinski definition) is 0. The van der Waals surface area contributed by atoms with E-state index < -0.39 is 11.9 Å². The first kappa shape index (κ1) is 16.0. The number of pyridine rings is 1. The molecule has 1 nitrogen and oxygen atoms in total. The van der Waals surface area contributed by atoms with Crippen LogP contribution >= 0.6 is 0 Å². The average molecular weight is 273 g/mol. The second kappa shape index (κ2) is 5.51. The molecular weight excluding hydrogens is 251 g/mol. The number of aromatic nitrogens is 1. The number of hydrogen-bond acceptors (Lipinski definition) is 1. The van der Waals surface area contributed by atoms with Gasteiger partial charge in [-0.15, -0.1) is 0 Å². The molecule has 0 aliphatic carbocycles. The summed E-state index contributed by atoms with van der Waals surface area (Å²) in [6.45, 7) is 10.2. The van der Waals surface area contributed by atoms with E-state index in [1.54, 1.807) is 6.07 Å². The largest absolute Gasteiger partial charge is 0.433 e. The first-order valence-electron chi connectivity index (χ1n) is 6.58. The Morgan fingerprint density at radius 1 is 1.11 bits per heavy atom. The summed E-state index contributed by atoms with van der Waals surface area (Å²) in [6, 6.07) is 2.65. The van der Waals surface area contributed by atoms with Gasteiger partial charge >= 0.3 is 6.18 Å². The number of rotatable bonds is 3. The van der Waals surface area contributed by atoms with Gasteiger partial charge in [0.05, 0.1) is 0 Å². The van der Waals surface area contributed by atoms with Crippen LogP contribution in [-0.4, -0.2) is 4.98 Å². The predicted molar refractivity (Wildman–Crippen MR) is 71.1 cm³/mol. The zero-order valence-corrected chi connectivity index (χ0v) is 12.2. The zero-order valence-electron chi connectivity index (χ0n) is 12.2. The van der Waals surface area contributed by atoms with Gasteiger partial charge in [0.15, 0.2) is 0 Å². The summed E-state index contributed by atoms with van der Waals surface area (Å²) in [5.41, 5.74) is 0.794. The van der Waals surface area contributed by atoms with E-state index >= 15 is 0 Å². The number of halogens is 3. The van der Waals surface area contributed by atoms with E-state index in [0.717, 1.165) is 18.1 Å². The summed E-state index contributed by atoms with van der Waals surface area (Å²) in [6.07, 6.45) is -2.96. The fourth-order valence-electron chi connectivity index (χ4n) is 1.89. The molecule has 0 aliphatic heterocycles. The van der Waals surface area contributed by atoms with Gasteiger partial charge in [-0.05, 0) is 35.8 Å². The van der Waals surface area contributed by atoms with Crippen LogP contribution in [0.4, 0.5) is 13.2 Å². The first-order chi connectivity index (χ1) is 8.50. The van der Waals surface area contributed by atoms with Crippen LogP contribution in [0.25, 0.3) is 0 Å². The van der Waals surface area contributed by atoms with E-state index in [1.165, 1.54) is 0 Å². The first-order valence-corrected chi connectivity index (χ1v) is 6.58. The maximum absolute atomic E-state index is 12.7. The fraction of sp³-hybridized carbons (Fsp3) is 0.667. The molecule has 1 heterocycles. The van der Waals surface area contributed by atoms with Gasteiger partial charge in [0.25, 0.3) is 0 Å². The lowest BCUT2D eigenvalue weighted by Crippen LogP contribution is -2.14. The molecule has 1 aromatic heterocycles. The van der Waals surface area contributed by atoms with Crippen molar-refractivity contribution in [3.63, 3.8) is 0 Å². The quantitative estimate of drug-likeness (QED) is 0.737. The second-order valence-corrected chi connectivity index (χ2v) is 6.45. The molecule has 0 aliphatic rings. The highest BCUT2D eigenvalue weighted by molar-refractivity contribution is 5.27. The maximum atomic E-state index is 12.7. The predicted octanol–water partition coefficient (Wildman–Crippen LogP) is 5.20. The van der Waals surface area contributed by atoms with Gasteiger partial charge in [-0.1, -0.05) is 40.7 Å². The number of alkyl halides is 3. The van der Waals surface area contributed by atoms with Gasteiger partial charge in [-0.25, -0.2) is 4.98 Å². The molecule has 1 rings (SSSR count). The van der Waals surface area contributed by atoms with E-state index in [9.17, 15) is 13.2 Å². The molecule has 0 fully saturated rings. The van der Waals surface area contributed by atoms with Gasteiger partial charge in [0, 0.05) is 5.69 Å². The third-order valence-electron chi connectivity index (χ3n) is 3.03. The van der Waals surface area contributed by atoms with Crippen LogP contribution in [0.3, 0.4) is 0 Å². The molecule has 0 saturated heterocycles. The Bertz CT molecular complexity index is 428. The van der Waals surface area contributed by atoms with Crippen molar-refractivity contribution >= 4 is 0 Å². The Morgan fingerprint density at radius 3 is 2.11 bits per heavy atom. The van der Waals surface area contributed by atoms with Crippen LogP contribution in [0.2, 0.25) is 0 Å². The number of aryl methyl sites for hydroxylation is 1. The Labute approximate surface area is 113 Å². The maximum Gasteiger partial charge on any atom is 0.433 e. The lowest BCUT2D eigenvalue weighted by Gasteiger charge is -2.20. The van der Waals surface area contributed by atoms with E-state index in [0.29, 0.717) is 12.1 Å². The molecule has 0 amide bonds. The highest BCUT2D eigenvalue weighted by atomic mass is 19.4. The van der Waals surface area contributed by atoms with Crippen molar-refractivity contribution < 1.29 is 13.2 Å². The molecule has 0 unspecified atom stereocenters. The van der Waals surface area contributed by atoms with Crippen molar-refractivity contribution in [1.29, 1.82) is 0 Å². The molecule has 19 heavy (non-hydrogen) atoms. The Kier molecular flexibility index (Phi) is 4.64. The second-order valence-electron chi connectivity index (χ2n) is 6.45. The summed E-state index contributed by atoms with van der Waals surface area (Å²) in [5.74, 6) is 0.185. The van der Waals surface area contributed by atoms with Crippen LogP contribution in [0.5, 0.6) is 0 Å². The third kappa shape index (κ3) is 4.84. The fourth-order valence-corrected chi connectivity index (χ4v) is 1.89. The summed E-state index contributed by atoms with van der Waals surface area (Å²) >= 11 is 0. The van der Waals surface area contributed by atoms with Gasteiger partial charge in [0.1, 0.15) is 5.69 Å². The molecule has 0 saturated carbocycles. The van der Waals surface area contributed by atoms with E-state index in [-0.39, 0.29) is 11.3 Å². The molecule has 0 radical (unpaired) electrons. The lowest BCUT2D eigenvalue weighted by atomic mass is 9.88. The SMILES string of the molecule is CC(C)c1ccc(C(F)(F)F)nc1CCC(C)(C)C. The summed E-state index contributed by atoms with van der Waals surface area (Å²) in [7, 11) is 0. The average Bonchev–Trinajstić information content (AvgIpc) is 2.23. The minimum Gasteiger partial charge on any atom is -0.248 e. The van der Waals surface area contributed by atoms with Crippen molar-refractivity contribution in [3.05, 3.63) is 29.1 Å². The van der Waals surface area contributed by atoms with Gasteiger partial charge < -0.3 is 0 Å². The lowest BCUT2D eigenvalue weighted by molar-refractivity contribution is -0.141. The molecule has 1 aromatic rings. The molecule has 0 spiro atoms.